The SMILES string of the molecule is Cn1ccc2c(=O)n(CC3(O)CCN(C(=O)[C@@H]4CCN(C(=O)c5ccccc5Br)C[C@H]4c4ccccc4)CC3)cnc21. The average molecular weight is 633 g/mol. The number of likely N-dealkylation sites (tertiary alicyclic amines) is 2. The number of hydrogen-bond donors (Lipinski definition) is 1. The summed E-state index contributed by atoms with van der Waals surface area (Å²) in [4.78, 5) is 48.5. The van der Waals surface area contributed by atoms with E-state index in [9.17, 15) is 19.5 Å². The fraction of sp³-hybridized carbons (Fsp3) is 0.375. The predicted molar refractivity (Wildman–Crippen MR) is 163 cm³/mol. The molecule has 4 aromatic rings. The van der Waals surface area contributed by atoms with E-state index >= 15 is 0 Å². The number of carbonyl (C=O) groups is 2. The number of carbonyl (C=O) groups excluding carboxylic acids is 2. The van der Waals surface area contributed by atoms with Crippen LogP contribution in [0.5, 0.6) is 0 Å². The topological polar surface area (TPSA) is 101 Å². The smallest absolute Gasteiger partial charge is 0.262 e. The lowest BCUT2D eigenvalue weighted by Gasteiger charge is -2.43. The molecule has 2 fully saturated rings. The van der Waals surface area contributed by atoms with Crippen LogP contribution in [0, 0.1) is 5.92 Å². The predicted octanol–water partition coefficient (Wildman–Crippen LogP) is 3.80. The van der Waals surface area contributed by atoms with Gasteiger partial charge in [-0.3, -0.25) is 19.0 Å². The number of aryl methyl sites for hydroxylation is 1. The van der Waals surface area contributed by atoms with Crippen molar-refractivity contribution in [3.05, 3.63) is 99.1 Å². The Labute approximate surface area is 252 Å². The number of rotatable bonds is 5. The highest BCUT2D eigenvalue weighted by Crippen LogP contribution is 2.36. The number of piperidine rings is 2. The first kappa shape index (κ1) is 28.4. The van der Waals surface area contributed by atoms with E-state index in [1.54, 1.807) is 16.8 Å². The van der Waals surface area contributed by atoms with Crippen LogP contribution in [0.25, 0.3) is 11.0 Å². The molecule has 218 valence electrons. The van der Waals surface area contributed by atoms with Crippen LogP contribution in [0.4, 0.5) is 0 Å². The van der Waals surface area contributed by atoms with E-state index in [0.29, 0.717) is 62.0 Å². The Morgan fingerprint density at radius 3 is 2.45 bits per heavy atom. The van der Waals surface area contributed by atoms with Crippen molar-refractivity contribution in [2.45, 2.75) is 37.3 Å². The molecule has 6 rings (SSSR count). The molecule has 2 saturated heterocycles. The maximum absolute atomic E-state index is 14.0. The summed E-state index contributed by atoms with van der Waals surface area (Å²) in [5.74, 6) is -0.393. The van der Waals surface area contributed by atoms with Gasteiger partial charge >= 0.3 is 0 Å². The first-order valence-electron chi connectivity index (χ1n) is 14.3. The summed E-state index contributed by atoms with van der Waals surface area (Å²) in [7, 11) is 1.84. The fourth-order valence-electron chi connectivity index (χ4n) is 6.42. The molecule has 42 heavy (non-hydrogen) atoms. The minimum Gasteiger partial charge on any atom is -0.388 e. The Bertz CT molecular complexity index is 1680. The van der Waals surface area contributed by atoms with Crippen molar-refractivity contribution < 1.29 is 14.7 Å². The van der Waals surface area contributed by atoms with Gasteiger partial charge in [0.2, 0.25) is 5.91 Å². The molecule has 2 amide bonds. The van der Waals surface area contributed by atoms with Gasteiger partial charge in [-0.2, -0.15) is 0 Å². The molecule has 0 saturated carbocycles. The normalized spacial score (nSPS) is 20.5. The largest absolute Gasteiger partial charge is 0.388 e. The summed E-state index contributed by atoms with van der Waals surface area (Å²) >= 11 is 3.50. The van der Waals surface area contributed by atoms with Crippen molar-refractivity contribution in [3.8, 4) is 0 Å². The Kier molecular flexibility index (Phi) is 7.76. The lowest BCUT2D eigenvalue weighted by molar-refractivity contribution is -0.142. The molecule has 0 aliphatic carbocycles. The van der Waals surface area contributed by atoms with Crippen molar-refractivity contribution in [1.29, 1.82) is 0 Å². The zero-order chi connectivity index (χ0) is 29.4. The third-order valence-corrected chi connectivity index (χ3v) is 9.56. The van der Waals surface area contributed by atoms with Crippen LogP contribution in [0.15, 0.2) is 82.5 Å². The molecular weight excluding hydrogens is 598 g/mol. The van der Waals surface area contributed by atoms with Gasteiger partial charge in [-0.1, -0.05) is 42.5 Å². The monoisotopic (exact) mass is 631 g/mol. The molecular formula is C32H34BrN5O4. The third-order valence-electron chi connectivity index (χ3n) is 8.87. The van der Waals surface area contributed by atoms with Gasteiger partial charge in [-0.05, 0) is 59.0 Å². The van der Waals surface area contributed by atoms with Gasteiger partial charge in [0.15, 0.2) is 0 Å². The van der Waals surface area contributed by atoms with Gasteiger partial charge in [-0.15, -0.1) is 0 Å². The van der Waals surface area contributed by atoms with Gasteiger partial charge in [0, 0.05) is 55.7 Å². The lowest BCUT2D eigenvalue weighted by atomic mass is 9.79. The zero-order valence-electron chi connectivity index (χ0n) is 23.5. The van der Waals surface area contributed by atoms with Gasteiger partial charge in [0.05, 0.1) is 23.1 Å². The first-order chi connectivity index (χ1) is 20.2. The fourth-order valence-corrected chi connectivity index (χ4v) is 6.88. The number of halogens is 1. The number of benzene rings is 2. The maximum Gasteiger partial charge on any atom is 0.262 e. The summed E-state index contributed by atoms with van der Waals surface area (Å²) in [6.07, 6.45) is 4.59. The summed E-state index contributed by atoms with van der Waals surface area (Å²) in [6.45, 7) is 1.89. The van der Waals surface area contributed by atoms with Crippen LogP contribution in [-0.2, 0) is 18.4 Å². The summed E-state index contributed by atoms with van der Waals surface area (Å²) in [6, 6.07) is 19.1. The minimum atomic E-state index is -1.11. The summed E-state index contributed by atoms with van der Waals surface area (Å²) in [5, 5.41) is 11.9. The minimum absolute atomic E-state index is 0.0456. The zero-order valence-corrected chi connectivity index (χ0v) is 25.1. The molecule has 9 nitrogen and oxygen atoms in total. The van der Waals surface area contributed by atoms with E-state index in [4.69, 9.17) is 0 Å². The van der Waals surface area contributed by atoms with Crippen molar-refractivity contribution in [2.75, 3.05) is 26.2 Å². The molecule has 2 aromatic carbocycles. The molecule has 0 unspecified atom stereocenters. The van der Waals surface area contributed by atoms with Crippen LogP contribution in [0.3, 0.4) is 0 Å². The Morgan fingerprint density at radius 1 is 1.00 bits per heavy atom. The van der Waals surface area contributed by atoms with E-state index < -0.39 is 5.60 Å². The molecule has 0 bridgehead atoms. The van der Waals surface area contributed by atoms with Gasteiger partial charge in [-0.25, -0.2) is 4.98 Å². The quantitative estimate of drug-likeness (QED) is 0.361. The van der Waals surface area contributed by atoms with Gasteiger partial charge in [0.25, 0.3) is 11.5 Å². The number of amides is 2. The highest BCUT2D eigenvalue weighted by Gasteiger charge is 2.41. The van der Waals surface area contributed by atoms with Gasteiger partial charge < -0.3 is 19.5 Å². The third kappa shape index (κ3) is 5.41. The molecule has 10 heteroatoms. The maximum atomic E-state index is 14.0. The van der Waals surface area contributed by atoms with Crippen molar-refractivity contribution >= 4 is 38.8 Å². The number of aliphatic hydroxyl groups is 1. The molecule has 2 aliphatic rings. The highest BCUT2D eigenvalue weighted by atomic mass is 79.9. The standard InChI is InChI=1S/C32H34BrN5O4/c1-35-15-11-25-28(35)34-21-38(31(25)41)20-32(42)13-17-36(18-14-32)29(39)23-12-16-37(19-26(23)22-7-3-2-4-8-22)30(40)24-9-5-6-10-27(24)33/h2-11,15,21,23,26,42H,12-14,16-20H2,1H3/t23-,26+/m1/s1. The number of fused-ring (bicyclic) bond motifs is 1. The van der Waals surface area contributed by atoms with E-state index in [1.807, 2.05) is 71.4 Å². The van der Waals surface area contributed by atoms with Gasteiger partial charge in [0.1, 0.15) is 12.0 Å². The molecule has 0 radical (unpaired) electrons. The highest BCUT2D eigenvalue weighted by molar-refractivity contribution is 9.10. The Balaban J connectivity index is 1.16. The molecule has 4 heterocycles. The van der Waals surface area contributed by atoms with Crippen molar-refractivity contribution in [2.24, 2.45) is 13.0 Å². The molecule has 2 atom stereocenters. The summed E-state index contributed by atoms with van der Waals surface area (Å²) in [5.41, 5.74) is 0.979. The second-order valence-electron chi connectivity index (χ2n) is 11.5. The van der Waals surface area contributed by atoms with Crippen molar-refractivity contribution in [3.63, 3.8) is 0 Å². The van der Waals surface area contributed by atoms with E-state index in [-0.39, 0.29) is 35.8 Å². The lowest BCUT2D eigenvalue weighted by Crippen LogP contribution is -2.53. The average Bonchev–Trinajstić information content (AvgIpc) is 3.39. The first-order valence-corrected chi connectivity index (χ1v) is 15.1. The van der Waals surface area contributed by atoms with Crippen LogP contribution < -0.4 is 5.56 Å². The van der Waals surface area contributed by atoms with Crippen LogP contribution >= 0.6 is 15.9 Å². The molecule has 0 spiro atoms. The Hall–Kier alpha value is -3.76. The molecule has 2 aromatic heterocycles. The number of hydrogen-bond acceptors (Lipinski definition) is 5. The molecule has 1 N–H and O–H groups in total. The van der Waals surface area contributed by atoms with E-state index in [2.05, 4.69) is 20.9 Å². The summed E-state index contributed by atoms with van der Waals surface area (Å²) < 4.78 is 4.03. The number of aromatic nitrogens is 3. The van der Waals surface area contributed by atoms with Crippen molar-refractivity contribution in [1.82, 2.24) is 23.9 Å². The van der Waals surface area contributed by atoms with Crippen LogP contribution in [0.1, 0.15) is 41.1 Å². The molecule has 2 aliphatic heterocycles. The Morgan fingerprint density at radius 2 is 1.71 bits per heavy atom. The second kappa shape index (κ2) is 11.5. The second-order valence-corrected chi connectivity index (χ2v) is 12.4. The van der Waals surface area contributed by atoms with E-state index in [1.165, 1.54) is 10.9 Å². The number of nitrogens with zero attached hydrogens (tertiary/aromatic N) is 5. The van der Waals surface area contributed by atoms with E-state index in [0.717, 1.165) is 10.0 Å². The van der Waals surface area contributed by atoms with Crippen LogP contribution in [-0.4, -0.2) is 72.6 Å². The van der Waals surface area contributed by atoms with Crippen LogP contribution in [0.2, 0.25) is 0 Å².